The minimum absolute atomic E-state index is 0.290. The molecule has 1 aromatic rings. The Bertz CT molecular complexity index is 575. The van der Waals surface area contributed by atoms with Crippen LogP contribution in [0.2, 0.25) is 10.0 Å². The highest BCUT2D eigenvalue weighted by Gasteiger charge is 2.36. The summed E-state index contributed by atoms with van der Waals surface area (Å²) in [6.45, 7) is 4.91. The number of ether oxygens (including phenoxy) is 1. The first kappa shape index (κ1) is 15.9. The molecule has 114 valence electrons. The molecule has 1 aliphatic heterocycles. The van der Waals surface area contributed by atoms with Crippen LogP contribution in [0.5, 0.6) is 0 Å². The highest BCUT2D eigenvalue weighted by atomic mass is 35.5. The molecule has 0 spiro atoms. The minimum atomic E-state index is -0.540. The van der Waals surface area contributed by atoms with Crippen LogP contribution in [0.1, 0.15) is 24.2 Å². The Morgan fingerprint density at radius 3 is 2.71 bits per heavy atom. The number of benzene rings is 1. The Kier molecular flexibility index (Phi) is 4.64. The maximum absolute atomic E-state index is 12.1. The number of nitrogens with zero attached hydrogens (tertiary/aromatic N) is 1. The van der Waals surface area contributed by atoms with E-state index in [0.717, 1.165) is 0 Å². The van der Waals surface area contributed by atoms with Crippen LogP contribution < -0.4 is 5.32 Å². The van der Waals surface area contributed by atoms with E-state index in [-0.39, 0.29) is 12.0 Å². The van der Waals surface area contributed by atoms with Gasteiger partial charge in [0.15, 0.2) is 0 Å². The van der Waals surface area contributed by atoms with Crippen molar-refractivity contribution < 1.29 is 14.3 Å². The average Bonchev–Trinajstić information content (AvgIpc) is 2.83. The average molecular weight is 331 g/mol. The number of carbonyl (C=O) groups is 2. The van der Waals surface area contributed by atoms with E-state index >= 15 is 0 Å². The molecule has 1 aliphatic rings. The van der Waals surface area contributed by atoms with Crippen molar-refractivity contribution >= 4 is 35.2 Å². The molecule has 2 amide bonds. The summed E-state index contributed by atoms with van der Waals surface area (Å²) < 4.78 is 4.91. The van der Waals surface area contributed by atoms with Crippen LogP contribution in [0.3, 0.4) is 0 Å². The van der Waals surface area contributed by atoms with Gasteiger partial charge in [0.05, 0.1) is 22.7 Å². The van der Waals surface area contributed by atoms with Crippen LogP contribution in [-0.2, 0) is 4.74 Å². The van der Waals surface area contributed by atoms with Crippen LogP contribution in [0.15, 0.2) is 18.2 Å². The van der Waals surface area contributed by atoms with Gasteiger partial charge in [-0.3, -0.25) is 9.69 Å². The first-order valence-electron chi connectivity index (χ1n) is 6.49. The molecule has 0 saturated carbocycles. The van der Waals surface area contributed by atoms with Gasteiger partial charge in [0.1, 0.15) is 6.61 Å². The van der Waals surface area contributed by atoms with Gasteiger partial charge in [-0.25, -0.2) is 4.79 Å². The summed E-state index contributed by atoms with van der Waals surface area (Å²) in [6, 6.07) is 4.68. The van der Waals surface area contributed by atoms with Crippen molar-refractivity contribution in [3.63, 3.8) is 0 Å². The van der Waals surface area contributed by atoms with Crippen molar-refractivity contribution in [2.45, 2.75) is 19.4 Å². The summed E-state index contributed by atoms with van der Waals surface area (Å²) in [5.74, 6) is -0.308. The van der Waals surface area contributed by atoms with Crippen LogP contribution in [0.25, 0.3) is 0 Å². The van der Waals surface area contributed by atoms with E-state index in [2.05, 4.69) is 5.32 Å². The Labute approximate surface area is 133 Å². The second-order valence-corrected chi connectivity index (χ2v) is 6.23. The zero-order valence-electron chi connectivity index (χ0n) is 11.8. The van der Waals surface area contributed by atoms with E-state index in [1.807, 2.05) is 13.8 Å². The Morgan fingerprint density at radius 2 is 2.14 bits per heavy atom. The molecule has 0 aliphatic carbocycles. The molecule has 0 unspecified atom stereocenters. The van der Waals surface area contributed by atoms with Crippen molar-refractivity contribution in [1.82, 2.24) is 10.2 Å². The number of halogens is 2. The predicted molar refractivity (Wildman–Crippen MR) is 80.9 cm³/mol. The lowest BCUT2D eigenvalue weighted by Crippen LogP contribution is -2.52. The van der Waals surface area contributed by atoms with E-state index < -0.39 is 5.54 Å². The molecular weight excluding hydrogens is 315 g/mol. The van der Waals surface area contributed by atoms with E-state index in [4.69, 9.17) is 27.9 Å². The standard InChI is InChI=1S/C14H16Cl2N2O3/c1-14(2,18-5-6-21-13(18)20)8-17-12(19)10-4-3-9(15)7-11(10)16/h3-4,7H,5-6,8H2,1-2H3,(H,17,19). The number of hydrogen-bond acceptors (Lipinski definition) is 3. The second kappa shape index (κ2) is 6.12. The van der Waals surface area contributed by atoms with Crippen molar-refractivity contribution in [1.29, 1.82) is 0 Å². The third-order valence-corrected chi connectivity index (χ3v) is 3.90. The Balaban J connectivity index is 2.01. The summed E-state index contributed by atoms with van der Waals surface area (Å²) in [4.78, 5) is 25.3. The van der Waals surface area contributed by atoms with Crippen molar-refractivity contribution in [2.75, 3.05) is 19.7 Å². The predicted octanol–water partition coefficient (Wildman–Crippen LogP) is 2.95. The fourth-order valence-corrected chi connectivity index (χ4v) is 2.60. The summed E-state index contributed by atoms with van der Waals surface area (Å²) in [5.41, 5.74) is -0.192. The summed E-state index contributed by atoms with van der Waals surface area (Å²) in [7, 11) is 0. The molecule has 1 fully saturated rings. The smallest absolute Gasteiger partial charge is 0.410 e. The van der Waals surface area contributed by atoms with Crippen LogP contribution >= 0.6 is 23.2 Å². The van der Waals surface area contributed by atoms with E-state index in [0.29, 0.717) is 35.3 Å². The topological polar surface area (TPSA) is 58.6 Å². The first-order chi connectivity index (χ1) is 9.81. The molecule has 1 heterocycles. The Morgan fingerprint density at radius 1 is 1.43 bits per heavy atom. The van der Waals surface area contributed by atoms with Gasteiger partial charge in [0, 0.05) is 11.6 Å². The van der Waals surface area contributed by atoms with Gasteiger partial charge in [-0.2, -0.15) is 0 Å². The highest BCUT2D eigenvalue weighted by molar-refractivity contribution is 6.36. The molecule has 1 saturated heterocycles. The van der Waals surface area contributed by atoms with Gasteiger partial charge in [0.25, 0.3) is 5.91 Å². The summed E-state index contributed by atoms with van der Waals surface area (Å²) in [6.07, 6.45) is -0.362. The van der Waals surface area contributed by atoms with Gasteiger partial charge in [-0.15, -0.1) is 0 Å². The van der Waals surface area contributed by atoms with Crippen LogP contribution in [0, 0.1) is 0 Å². The van der Waals surface area contributed by atoms with Crippen molar-refractivity contribution in [3.8, 4) is 0 Å². The molecule has 0 atom stereocenters. The third-order valence-electron chi connectivity index (χ3n) is 3.35. The van der Waals surface area contributed by atoms with Gasteiger partial charge in [0.2, 0.25) is 0 Å². The normalized spacial score (nSPS) is 15.0. The fourth-order valence-electron chi connectivity index (χ4n) is 2.10. The largest absolute Gasteiger partial charge is 0.448 e. The maximum atomic E-state index is 12.1. The summed E-state index contributed by atoms with van der Waals surface area (Å²) >= 11 is 11.8. The molecule has 0 aromatic heterocycles. The van der Waals surface area contributed by atoms with Gasteiger partial charge >= 0.3 is 6.09 Å². The molecule has 21 heavy (non-hydrogen) atoms. The van der Waals surface area contributed by atoms with Crippen molar-refractivity contribution in [3.05, 3.63) is 33.8 Å². The molecule has 1 N–H and O–H groups in total. The molecule has 1 aromatic carbocycles. The lowest BCUT2D eigenvalue weighted by molar-refractivity contribution is 0.0903. The zero-order chi connectivity index (χ0) is 15.6. The minimum Gasteiger partial charge on any atom is -0.448 e. The van der Waals surface area contributed by atoms with E-state index in [9.17, 15) is 9.59 Å². The highest BCUT2D eigenvalue weighted by Crippen LogP contribution is 2.22. The molecule has 0 radical (unpaired) electrons. The number of hydrogen-bond donors (Lipinski definition) is 1. The van der Waals surface area contributed by atoms with Crippen molar-refractivity contribution in [2.24, 2.45) is 0 Å². The first-order valence-corrected chi connectivity index (χ1v) is 7.24. The lowest BCUT2D eigenvalue weighted by Gasteiger charge is -2.33. The quantitative estimate of drug-likeness (QED) is 0.923. The summed E-state index contributed by atoms with van der Waals surface area (Å²) in [5, 5.41) is 3.54. The number of amides is 2. The molecule has 0 bridgehead atoms. The van der Waals surface area contributed by atoms with Gasteiger partial charge in [-0.1, -0.05) is 23.2 Å². The molecule has 5 nitrogen and oxygen atoms in total. The van der Waals surface area contributed by atoms with Crippen LogP contribution in [-0.4, -0.2) is 42.1 Å². The lowest BCUT2D eigenvalue weighted by atomic mass is 10.0. The molecular formula is C14H16Cl2N2O3. The third kappa shape index (κ3) is 3.60. The number of nitrogens with one attached hydrogen (secondary N) is 1. The van der Waals surface area contributed by atoms with Gasteiger partial charge < -0.3 is 10.1 Å². The number of rotatable bonds is 4. The molecule has 7 heteroatoms. The SMILES string of the molecule is CC(C)(CNC(=O)c1ccc(Cl)cc1Cl)N1CCOC1=O. The fraction of sp³-hybridized carbons (Fsp3) is 0.429. The zero-order valence-corrected chi connectivity index (χ0v) is 13.3. The Hall–Kier alpha value is -1.46. The second-order valence-electron chi connectivity index (χ2n) is 5.39. The van der Waals surface area contributed by atoms with E-state index in [1.165, 1.54) is 6.07 Å². The van der Waals surface area contributed by atoms with Crippen LogP contribution in [0.4, 0.5) is 4.79 Å². The van der Waals surface area contributed by atoms with Gasteiger partial charge in [-0.05, 0) is 32.0 Å². The number of cyclic esters (lactones) is 1. The van der Waals surface area contributed by atoms with E-state index in [1.54, 1.807) is 17.0 Å². The maximum Gasteiger partial charge on any atom is 0.410 e. The molecule has 2 rings (SSSR count). The monoisotopic (exact) mass is 330 g/mol. The number of carbonyl (C=O) groups excluding carboxylic acids is 2.